The van der Waals surface area contributed by atoms with E-state index in [0.29, 0.717) is 39.1 Å². The van der Waals surface area contributed by atoms with Crippen LogP contribution in [0.2, 0.25) is 10.0 Å². The summed E-state index contributed by atoms with van der Waals surface area (Å²) in [5, 5.41) is 1.03. The highest BCUT2D eigenvalue weighted by molar-refractivity contribution is 6.31. The third-order valence-electron chi connectivity index (χ3n) is 4.55. The lowest BCUT2D eigenvalue weighted by molar-refractivity contribution is -0.129. The van der Waals surface area contributed by atoms with Crippen molar-refractivity contribution in [3.63, 3.8) is 0 Å². The lowest BCUT2D eigenvalue weighted by atomic mass is 10.1. The second-order valence-corrected chi connectivity index (χ2v) is 7.75. The van der Waals surface area contributed by atoms with Gasteiger partial charge in [-0.3, -0.25) is 0 Å². The Balaban J connectivity index is 1.59. The second-order valence-electron chi connectivity index (χ2n) is 6.88. The Bertz CT molecular complexity index is 1280. The normalized spacial score (nSPS) is 14.1. The highest BCUT2D eigenvalue weighted by atomic mass is 35.5. The molecule has 0 aliphatic carbocycles. The van der Waals surface area contributed by atoms with Gasteiger partial charge in [0.15, 0.2) is 17.2 Å². The number of ether oxygens (including phenoxy) is 3. The van der Waals surface area contributed by atoms with Gasteiger partial charge in [0, 0.05) is 15.6 Å². The number of halogens is 2. The van der Waals surface area contributed by atoms with Gasteiger partial charge in [-0.15, -0.1) is 0 Å². The fourth-order valence-corrected chi connectivity index (χ4v) is 3.34. The molecule has 33 heavy (non-hydrogen) atoms. The van der Waals surface area contributed by atoms with E-state index in [2.05, 4.69) is 4.99 Å². The van der Waals surface area contributed by atoms with E-state index in [1.165, 1.54) is 0 Å². The molecule has 6 nitrogen and oxygen atoms in total. The Kier molecular flexibility index (Phi) is 6.77. The molecule has 0 spiro atoms. The van der Waals surface area contributed by atoms with Gasteiger partial charge in [0.05, 0.1) is 12.2 Å². The van der Waals surface area contributed by atoms with Gasteiger partial charge in [0.1, 0.15) is 0 Å². The third-order valence-corrected chi connectivity index (χ3v) is 5.03. The molecule has 4 rings (SSSR count). The van der Waals surface area contributed by atoms with E-state index in [9.17, 15) is 9.59 Å². The molecule has 0 amide bonds. The van der Waals surface area contributed by atoms with Crippen LogP contribution in [-0.4, -0.2) is 24.4 Å². The summed E-state index contributed by atoms with van der Waals surface area (Å²) in [6.07, 6.45) is 1.56. The van der Waals surface area contributed by atoms with Gasteiger partial charge in [-0.1, -0.05) is 35.3 Å². The van der Waals surface area contributed by atoms with Gasteiger partial charge in [-0.2, -0.15) is 0 Å². The quantitative estimate of drug-likeness (QED) is 0.246. The number of nitrogens with zero attached hydrogens (tertiary/aromatic N) is 1. The van der Waals surface area contributed by atoms with Crippen LogP contribution < -0.4 is 9.47 Å². The number of aliphatic imine (C=N–C) groups is 1. The first kappa shape index (κ1) is 22.6. The highest BCUT2D eigenvalue weighted by Gasteiger charge is 2.24. The van der Waals surface area contributed by atoms with Crippen molar-refractivity contribution in [2.75, 3.05) is 6.61 Å². The molecule has 0 unspecified atom stereocenters. The molecule has 3 aromatic rings. The molecule has 0 N–H and O–H groups in total. The summed E-state index contributed by atoms with van der Waals surface area (Å²) >= 11 is 11.9. The lowest BCUT2D eigenvalue weighted by Gasteiger charge is -2.11. The lowest BCUT2D eigenvalue weighted by Crippen LogP contribution is -2.09. The average molecular weight is 482 g/mol. The predicted octanol–water partition coefficient (Wildman–Crippen LogP) is 5.96. The van der Waals surface area contributed by atoms with Gasteiger partial charge in [-0.05, 0) is 73.2 Å². The van der Waals surface area contributed by atoms with Crippen molar-refractivity contribution in [2.45, 2.75) is 6.92 Å². The number of esters is 2. The first-order valence-corrected chi connectivity index (χ1v) is 10.7. The zero-order valence-electron chi connectivity index (χ0n) is 17.4. The van der Waals surface area contributed by atoms with Gasteiger partial charge in [0.25, 0.3) is 0 Å². The van der Waals surface area contributed by atoms with Gasteiger partial charge < -0.3 is 14.2 Å². The molecular formula is C25H17Cl2NO5. The summed E-state index contributed by atoms with van der Waals surface area (Å²) in [6.45, 7) is 2.16. The van der Waals surface area contributed by atoms with E-state index < -0.39 is 11.9 Å². The Morgan fingerprint density at radius 2 is 1.79 bits per heavy atom. The fourth-order valence-electron chi connectivity index (χ4n) is 3.02. The van der Waals surface area contributed by atoms with Crippen LogP contribution in [-0.2, 0) is 9.53 Å². The van der Waals surface area contributed by atoms with E-state index in [4.69, 9.17) is 37.4 Å². The molecule has 0 fully saturated rings. The van der Waals surface area contributed by atoms with Crippen molar-refractivity contribution < 1.29 is 23.8 Å². The molecule has 1 heterocycles. The topological polar surface area (TPSA) is 74.2 Å². The first-order chi connectivity index (χ1) is 15.9. The van der Waals surface area contributed by atoms with Crippen LogP contribution in [0.5, 0.6) is 11.5 Å². The number of hydrogen-bond donors (Lipinski definition) is 0. The zero-order chi connectivity index (χ0) is 23.4. The summed E-state index contributed by atoms with van der Waals surface area (Å²) in [7, 11) is 0. The summed E-state index contributed by atoms with van der Waals surface area (Å²) < 4.78 is 16.4. The molecule has 166 valence electrons. The van der Waals surface area contributed by atoms with Crippen molar-refractivity contribution >= 4 is 47.1 Å². The van der Waals surface area contributed by atoms with Gasteiger partial charge in [0.2, 0.25) is 5.90 Å². The molecule has 0 radical (unpaired) electrons. The van der Waals surface area contributed by atoms with Crippen molar-refractivity contribution in [2.24, 2.45) is 4.99 Å². The molecule has 0 saturated heterocycles. The summed E-state index contributed by atoms with van der Waals surface area (Å²) in [6, 6.07) is 18.2. The number of carbonyl (C=O) groups excluding carboxylic acids is 2. The number of hydrogen-bond acceptors (Lipinski definition) is 6. The Labute approximate surface area is 200 Å². The Hall–Kier alpha value is -3.61. The highest BCUT2D eigenvalue weighted by Crippen LogP contribution is 2.31. The molecule has 0 atom stereocenters. The van der Waals surface area contributed by atoms with Crippen LogP contribution >= 0.6 is 23.2 Å². The number of benzene rings is 3. The van der Waals surface area contributed by atoms with E-state index in [1.807, 2.05) is 6.92 Å². The summed E-state index contributed by atoms with van der Waals surface area (Å²) in [5.74, 6) is -0.363. The number of cyclic esters (lactones) is 1. The van der Waals surface area contributed by atoms with Crippen LogP contribution in [0.25, 0.3) is 6.08 Å². The number of carbonyl (C=O) groups is 2. The molecule has 0 aromatic heterocycles. The van der Waals surface area contributed by atoms with Crippen LogP contribution in [0, 0.1) is 0 Å². The zero-order valence-corrected chi connectivity index (χ0v) is 18.9. The summed E-state index contributed by atoms with van der Waals surface area (Å²) in [5.41, 5.74) is 1.69. The number of rotatable bonds is 6. The van der Waals surface area contributed by atoms with Crippen LogP contribution in [0.15, 0.2) is 77.4 Å². The molecule has 1 aliphatic heterocycles. The second kappa shape index (κ2) is 9.90. The largest absolute Gasteiger partial charge is 0.490 e. The smallest absolute Gasteiger partial charge is 0.363 e. The van der Waals surface area contributed by atoms with Crippen molar-refractivity contribution in [1.82, 2.24) is 0 Å². The van der Waals surface area contributed by atoms with Crippen LogP contribution in [0.3, 0.4) is 0 Å². The van der Waals surface area contributed by atoms with E-state index in [1.54, 1.807) is 72.8 Å². The molecule has 0 saturated carbocycles. The van der Waals surface area contributed by atoms with Gasteiger partial charge >= 0.3 is 11.9 Å². The maximum atomic E-state index is 12.5. The van der Waals surface area contributed by atoms with Crippen molar-refractivity contribution in [3.8, 4) is 11.5 Å². The minimum absolute atomic E-state index is 0.123. The first-order valence-electron chi connectivity index (χ1n) is 9.96. The Morgan fingerprint density at radius 3 is 2.52 bits per heavy atom. The predicted molar refractivity (Wildman–Crippen MR) is 126 cm³/mol. The van der Waals surface area contributed by atoms with Gasteiger partial charge in [-0.25, -0.2) is 14.6 Å². The van der Waals surface area contributed by atoms with Crippen molar-refractivity contribution in [1.29, 1.82) is 0 Å². The molecular weight excluding hydrogens is 465 g/mol. The van der Waals surface area contributed by atoms with E-state index in [0.717, 1.165) is 0 Å². The average Bonchev–Trinajstić information content (AvgIpc) is 3.16. The van der Waals surface area contributed by atoms with E-state index >= 15 is 0 Å². The third kappa shape index (κ3) is 5.42. The molecule has 1 aliphatic rings. The van der Waals surface area contributed by atoms with E-state index in [-0.39, 0.29) is 17.3 Å². The molecule has 8 heteroatoms. The SMILES string of the molecule is CCOc1cc(/C=C2\N=C(c3cccc(Cl)c3)OC2=O)ccc1OC(=O)c1ccc(Cl)cc1. The van der Waals surface area contributed by atoms with Crippen molar-refractivity contribution in [3.05, 3.63) is 99.2 Å². The molecule has 0 bridgehead atoms. The Morgan fingerprint density at radius 1 is 1.00 bits per heavy atom. The fraction of sp³-hybridized carbons (Fsp3) is 0.0800. The maximum Gasteiger partial charge on any atom is 0.363 e. The van der Waals surface area contributed by atoms with Crippen LogP contribution in [0.1, 0.15) is 28.4 Å². The summed E-state index contributed by atoms with van der Waals surface area (Å²) in [4.78, 5) is 29.0. The standard InChI is InChI=1S/C25H17Cl2NO5/c1-2-31-22-13-15(6-11-21(22)32-24(29)16-7-9-18(26)10-8-16)12-20-25(30)33-23(28-20)17-4-3-5-19(27)14-17/h3-14H,2H2,1H3/b20-12-. The minimum Gasteiger partial charge on any atom is -0.490 e. The maximum absolute atomic E-state index is 12.5. The monoisotopic (exact) mass is 481 g/mol. The van der Waals surface area contributed by atoms with Crippen LogP contribution in [0.4, 0.5) is 0 Å². The molecule has 3 aromatic carbocycles. The minimum atomic E-state index is -0.582.